The van der Waals surface area contributed by atoms with Gasteiger partial charge in [-0.15, -0.1) is 6.42 Å². The molecule has 1 heteroatoms. The molecule has 1 N–H and O–H groups in total. The summed E-state index contributed by atoms with van der Waals surface area (Å²) in [6.07, 6.45) is 19.7. The highest BCUT2D eigenvalue weighted by Gasteiger charge is 2.64. The second-order valence-electron chi connectivity index (χ2n) is 8.59. The van der Waals surface area contributed by atoms with Crippen molar-refractivity contribution in [2.24, 2.45) is 35.0 Å². The van der Waals surface area contributed by atoms with E-state index in [2.05, 4.69) is 31.6 Å². The van der Waals surface area contributed by atoms with E-state index in [-0.39, 0.29) is 5.41 Å². The first-order valence-electron chi connectivity index (χ1n) is 9.61. The zero-order valence-corrected chi connectivity index (χ0v) is 14.4. The Bertz CT molecular complexity index is 581. The molecule has 0 radical (unpaired) electrons. The highest BCUT2D eigenvalue weighted by molar-refractivity contribution is 5.30. The van der Waals surface area contributed by atoms with Gasteiger partial charge in [-0.05, 0) is 81.0 Å². The number of aliphatic hydroxyl groups is 1. The normalized spacial score (nSPS) is 51.5. The van der Waals surface area contributed by atoms with Crippen LogP contribution in [0.4, 0.5) is 0 Å². The smallest absolute Gasteiger partial charge is 0.131 e. The first-order chi connectivity index (χ1) is 11.1. The van der Waals surface area contributed by atoms with Crippen molar-refractivity contribution in [3.63, 3.8) is 0 Å². The summed E-state index contributed by atoms with van der Waals surface area (Å²) in [5.74, 6) is 6.33. The maximum Gasteiger partial charge on any atom is 0.131 e. The molecule has 0 amide bonds. The molecule has 0 bridgehead atoms. The van der Waals surface area contributed by atoms with Gasteiger partial charge in [-0.2, -0.15) is 0 Å². The Labute approximate surface area is 141 Å². The fraction of sp³-hybridized carbons (Fsp3) is 0.727. The molecule has 0 aromatic rings. The van der Waals surface area contributed by atoms with Crippen LogP contribution in [0.15, 0.2) is 24.3 Å². The van der Waals surface area contributed by atoms with Crippen LogP contribution in [0, 0.1) is 47.3 Å². The summed E-state index contributed by atoms with van der Waals surface area (Å²) >= 11 is 0. The van der Waals surface area contributed by atoms with Gasteiger partial charge in [-0.25, -0.2) is 0 Å². The first-order valence-corrected chi connectivity index (χ1v) is 9.61. The van der Waals surface area contributed by atoms with E-state index in [1.54, 1.807) is 0 Å². The second kappa shape index (κ2) is 5.25. The van der Waals surface area contributed by atoms with Gasteiger partial charge in [-0.3, -0.25) is 0 Å². The summed E-state index contributed by atoms with van der Waals surface area (Å²) in [6.45, 7) is 6.76. The van der Waals surface area contributed by atoms with E-state index in [4.69, 9.17) is 6.42 Å². The minimum Gasteiger partial charge on any atom is -0.377 e. The fourth-order valence-electron chi connectivity index (χ4n) is 7.13. The standard InChI is InChI=1S/C22H30O/c1-4-21-14-15(3)20-17-9-7-6-8-16(17)10-11-18(20)19(21)12-13-22(21,23)5-2/h2,6,8,16-20,23H,3-4,7,9-14H2,1H3/t16-,17-,18-,19-,20+,21-,22-/m0/s1. The molecule has 0 aromatic carbocycles. The lowest BCUT2D eigenvalue weighted by molar-refractivity contribution is -0.0876. The van der Waals surface area contributed by atoms with Gasteiger partial charge in [-0.1, -0.05) is 37.1 Å². The number of fused-ring (bicyclic) bond motifs is 5. The molecule has 3 fully saturated rings. The van der Waals surface area contributed by atoms with Crippen molar-refractivity contribution in [2.45, 2.75) is 63.9 Å². The third-order valence-electron chi connectivity index (χ3n) is 8.11. The molecule has 3 saturated carbocycles. The van der Waals surface area contributed by atoms with Gasteiger partial charge in [0.15, 0.2) is 0 Å². The van der Waals surface area contributed by atoms with Crippen molar-refractivity contribution in [1.29, 1.82) is 0 Å². The summed E-state index contributed by atoms with van der Waals surface area (Å²) in [5.41, 5.74) is 0.370. The Kier molecular flexibility index (Phi) is 3.54. The quantitative estimate of drug-likeness (QED) is 0.548. The third-order valence-corrected chi connectivity index (χ3v) is 8.11. The van der Waals surface area contributed by atoms with Crippen LogP contribution in [0.2, 0.25) is 0 Å². The maximum atomic E-state index is 11.2. The molecule has 0 heterocycles. The minimum atomic E-state index is -0.913. The van der Waals surface area contributed by atoms with Crippen LogP contribution in [-0.2, 0) is 0 Å². The molecule has 4 rings (SSSR count). The topological polar surface area (TPSA) is 20.2 Å². The molecule has 0 aromatic heterocycles. The van der Waals surface area contributed by atoms with Crippen LogP contribution in [0.1, 0.15) is 58.3 Å². The summed E-state index contributed by atoms with van der Waals surface area (Å²) in [4.78, 5) is 0. The van der Waals surface area contributed by atoms with E-state index in [9.17, 15) is 5.11 Å². The first kappa shape index (κ1) is 15.5. The van der Waals surface area contributed by atoms with Crippen LogP contribution in [0.3, 0.4) is 0 Å². The van der Waals surface area contributed by atoms with Crippen LogP contribution in [0.25, 0.3) is 0 Å². The van der Waals surface area contributed by atoms with Crippen molar-refractivity contribution in [1.82, 2.24) is 0 Å². The average Bonchev–Trinajstić information content (AvgIpc) is 2.88. The van der Waals surface area contributed by atoms with Crippen LogP contribution >= 0.6 is 0 Å². The third kappa shape index (κ3) is 1.91. The van der Waals surface area contributed by atoms with Crippen molar-refractivity contribution < 1.29 is 5.11 Å². The second-order valence-corrected chi connectivity index (χ2v) is 8.59. The maximum absolute atomic E-state index is 11.2. The lowest BCUT2D eigenvalue weighted by Gasteiger charge is -2.57. The van der Waals surface area contributed by atoms with E-state index in [1.807, 2.05) is 0 Å². The Morgan fingerprint density at radius 3 is 2.87 bits per heavy atom. The summed E-state index contributed by atoms with van der Waals surface area (Å²) in [7, 11) is 0. The van der Waals surface area contributed by atoms with Gasteiger partial charge in [0.05, 0.1) is 0 Å². The van der Waals surface area contributed by atoms with E-state index < -0.39 is 5.60 Å². The van der Waals surface area contributed by atoms with E-state index in [0.717, 1.165) is 37.5 Å². The number of hydrogen-bond donors (Lipinski definition) is 1. The monoisotopic (exact) mass is 310 g/mol. The lowest BCUT2D eigenvalue weighted by Crippen LogP contribution is -2.54. The molecular formula is C22H30O. The molecule has 23 heavy (non-hydrogen) atoms. The molecule has 0 spiro atoms. The van der Waals surface area contributed by atoms with Crippen LogP contribution in [-0.4, -0.2) is 10.7 Å². The van der Waals surface area contributed by atoms with E-state index in [1.165, 1.54) is 31.3 Å². The fourth-order valence-corrected chi connectivity index (χ4v) is 7.13. The van der Waals surface area contributed by atoms with Gasteiger partial charge in [0.1, 0.15) is 5.60 Å². The Balaban J connectivity index is 1.73. The summed E-state index contributed by atoms with van der Waals surface area (Å²) in [6, 6.07) is 0. The predicted octanol–water partition coefficient (Wildman–Crippen LogP) is 4.73. The number of allylic oxidation sites excluding steroid dienone is 3. The largest absolute Gasteiger partial charge is 0.377 e. The molecule has 0 saturated heterocycles. The van der Waals surface area contributed by atoms with Gasteiger partial charge in [0.25, 0.3) is 0 Å². The molecule has 1 nitrogen and oxygen atoms in total. The van der Waals surface area contributed by atoms with Crippen molar-refractivity contribution in [3.8, 4) is 12.3 Å². The van der Waals surface area contributed by atoms with Crippen LogP contribution < -0.4 is 0 Å². The van der Waals surface area contributed by atoms with Gasteiger partial charge in [0, 0.05) is 5.41 Å². The van der Waals surface area contributed by atoms with Gasteiger partial charge < -0.3 is 5.11 Å². The van der Waals surface area contributed by atoms with Crippen molar-refractivity contribution >= 4 is 0 Å². The average molecular weight is 310 g/mol. The highest BCUT2D eigenvalue weighted by atomic mass is 16.3. The highest BCUT2D eigenvalue weighted by Crippen LogP contribution is 2.67. The molecule has 0 unspecified atom stereocenters. The SMILES string of the molecule is C#C[C@]1(O)CC[C@H]2[C@@H]3CC[C@@H]4C=CCC[C@@H]4[C@H]3C(=C)C[C@@]21CC. The predicted molar refractivity (Wildman–Crippen MR) is 94.6 cm³/mol. The molecule has 4 aliphatic carbocycles. The molecular weight excluding hydrogens is 280 g/mol. The molecule has 124 valence electrons. The van der Waals surface area contributed by atoms with Crippen molar-refractivity contribution in [3.05, 3.63) is 24.3 Å². The van der Waals surface area contributed by atoms with E-state index >= 15 is 0 Å². The Morgan fingerprint density at radius 1 is 1.30 bits per heavy atom. The van der Waals surface area contributed by atoms with Crippen LogP contribution in [0.5, 0.6) is 0 Å². The lowest BCUT2D eigenvalue weighted by atomic mass is 9.47. The Morgan fingerprint density at radius 2 is 2.13 bits per heavy atom. The number of hydrogen-bond acceptors (Lipinski definition) is 1. The zero-order valence-electron chi connectivity index (χ0n) is 14.4. The molecule has 7 atom stereocenters. The van der Waals surface area contributed by atoms with Gasteiger partial charge in [0.2, 0.25) is 0 Å². The van der Waals surface area contributed by atoms with Crippen molar-refractivity contribution in [2.75, 3.05) is 0 Å². The molecule has 0 aliphatic heterocycles. The summed E-state index contributed by atoms with van der Waals surface area (Å²) in [5, 5.41) is 11.2. The molecule has 4 aliphatic rings. The van der Waals surface area contributed by atoms with Gasteiger partial charge >= 0.3 is 0 Å². The number of terminal acetylenes is 1. The zero-order chi connectivity index (χ0) is 16.2. The summed E-state index contributed by atoms with van der Waals surface area (Å²) < 4.78 is 0. The number of rotatable bonds is 1. The minimum absolute atomic E-state index is 0.114. The van der Waals surface area contributed by atoms with E-state index in [0.29, 0.717) is 17.8 Å². The Hall–Kier alpha value is -1.00.